The second-order valence-corrected chi connectivity index (χ2v) is 7.90. The SMILES string of the molecule is CC(C)(C)OC(=O)N[C@H]1C[C@H](C(=O)O)CCN1C(=O)OC(C)(C)C. The van der Waals surface area contributed by atoms with Crippen molar-refractivity contribution in [3.05, 3.63) is 0 Å². The lowest BCUT2D eigenvalue weighted by Gasteiger charge is -2.39. The summed E-state index contributed by atoms with van der Waals surface area (Å²) in [6.07, 6.45) is -1.67. The summed E-state index contributed by atoms with van der Waals surface area (Å²) < 4.78 is 10.5. The van der Waals surface area contributed by atoms with Gasteiger partial charge < -0.3 is 19.9 Å². The van der Waals surface area contributed by atoms with Gasteiger partial charge in [0.1, 0.15) is 17.4 Å². The first-order valence-corrected chi connectivity index (χ1v) is 8.00. The van der Waals surface area contributed by atoms with E-state index in [2.05, 4.69) is 5.32 Å². The van der Waals surface area contributed by atoms with Gasteiger partial charge in [-0.3, -0.25) is 9.69 Å². The van der Waals surface area contributed by atoms with Gasteiger partial charge in [-0.2, -0.15) is 0 Å². The fourth-order valence-corrected chi connectivity index (χ4v) is 2.31. The van der Waals surface area contributed by atoms with Crippen LogP contribution in [0.3, 0.4) is 0 Å². The molecule has 0 bridgehead atoms. The standard InChI is InChI=1S/C16H28N2O6/c1-15(2,3)23-13(21)17-11-9-10(12(19)20)7-8-18(11)14(22)24-16(4,5)6/h10-11H,7-9H2,1-6H3,(H,17,21)(H,19,20)/t10-,11-/m1/s1. The minimum atomic E-state index is -0.949. The zero-order chi connectivity index (χ0) is 18.7. The molecule has 0 aromatic heterocycles. The number of hydrogen-bond donors (Lipinski definition) is 2. The molecule has 24 heavy (non-hydrogen) atoms. The van der Waals surface area contributed by atoms with Gasteiger partial charge in [0, 0.05) is 6.54 Å². The third-order valence-corrected chi connectivity index (χ3v) is 3.26. The third-order valence-electron chi connectivity index (χ3n) is 3.26. The van der Waals surface area contributed by atoms with Gasteiger partial charge in [-0.25, -0.2) is 9.59 Å². The molecule has 1 aliphatic heterocycles. The maximum Gasteiger partial charge on any atom is 0.411 e. The Labute approximate surface area is 142 Å². The van der Waals surface area contributed by atoms with Crippen LogP contribution < -0.4 is 5.32 Å². The number of hydrogen-bond acceptors (Lipinski definition) is 5. The average molecular weight is 344 g/mol. The Hall–Kier alpha value is -1.99. The number of nitrogens with zero attached hydrogens (tertiary/aromatic N) is 1. The number of amides is 2. The van der Waals surface area contributed by atoms with Crippen molar-refractivity contribution in [3.8, 4) is 0 Å². The maximum atomic E-state index is 12.3. The van der Waals surface area contributed by atoms with Gasteiger partial charge in [-0.05, 0) is 54.4 Å². The van der Waals surface area contributed by atoms with E-state index in [9.17, 15) is 19.5 Å². The Balaban J connectivity index is 2.85. The van der Waals surface area contributed by atoms with Gasteiger partial charge in [0.2, 0.25) is 0 Å². The number of alkyl carbamates (subject to hydrolysis) is 1. The van der Waals surface area contributed by atoms with E-state index in [-0.39, 0.29) is 13.0 Å². The van der Waals surface area contributed by atoms with Crippen molar-refractivity contribution in [1.82, 2.24) is 10.2 Å². The van der Waals surface area contributed by atoms with Crippen molar-refractivity contribution in [2.24, 2.45) is 5.92 Å². The number of carboxylic acids is 1. The summed E-state index contributed by atoms with van der Waals surface area (Å²) in [5.74, 6) is -1.58. The monoisotopic (exact) mass is 344 g/mol. The molecular weight excluding hydrogens is 316 g/mol. The maximum absolute atomic E-state index is 12.3. The number of carbonyl (C=O) groups excluding carboxylic acids is 2. The van der Waals surface area contributed by atoms with E-state index in [1.54, 1.807) is 41.5 Å². The van der Waals surface area contributed by atoms with Crippen LogP contribution >= 0.6 is 0 Å². The molecule has 0 aliphatic carbocycles. The molecule has 0 radical (unpaired) electrons. The van der Waals surface area contributed by atoms with Crippen molar-refractivity contribution in [3.63, 3.8) is 0 Å². The second-order valence-electron chi connectivity index (χ2n) is 7.90. The molecule has 8 nitrogen and oxygen atoms in total. The number of aliphatic carboxylic acids is 1. The topological polar surface area (TPSA) is 105 Å². The summed E-state index contributed by atoms with van der Waals surface area (Å²) in [5.41, 5.74) is -1.38. The van der Waals surface area contributed by atoms with Gasteiger partial charge >= 0.3 is 18.2 Å². The molecule has 2 N–H and O–H groups in total. The Morgan fingerprint density at radius 3 is 2.04 bits per heavy atom. The highest BCUT2D eigenvalue weighted by Crippen LogP contribution is 2.24. The van der Waals surface area contributed by atoms with Crippen molar-refractivity contribution in [2.75, 3.05) is 6.54 Å². The van der Waals surface area contributed by atoms with Crippen molar-refractivity contribution in [2.45, 2.75) is 71.8 Å². The van der Waals surface area contributed by atoms with E-state index in [0.29, 0.717) is 6.42 Å². The largest absolute Gasteiger partial charge is 0.481 e. The molecule has 0 spiro atoms. The van der Waals surface area contributed by atoms with Crippen molar-refractivity contribution < 1.29 is 29.0 Å². The highest BCUT2D eigenvalue weighted by atomic mass is 16.6. The highest BCUT2D eigenvalue weighted by molar-refractivity contribution is 5.74. The molecule has 1 rings (SSSR count). The van der Waals surface area contributed by atoms with Gasteiger partial charge in [0.05, 0.1) is 5.92 Å². The summed E-state index contributed by atoms with van der Waals surface area (Å²) in [4.78, 5) is 36.9. The van der Waals surface area contributed by atoms with Gasteiger partial charge in [0.15, 0.2) is 0 Å². The minimum absolute atomic E-state index is 0.105. The fraction of sp³-hybridized carbons (Fsp3) is 0.812. The van der Waals surface area contributed by atoms with Crippen LogP contribution in [0, 0.1) is 5.92 Å². The van der Waals surface area contributed by atoms with Crippen LogP contribution in [0.5, 0.6) is 0 Å². The quantitative estimate of drug-likeness (QED) is 0.797. The van der Waals surface area contributed by atoms with Crippen LogP contribution in [0.1, 0.15) is 54.4 Å². The number of nitrogens with one attached hydrogen (secondary N) is 1. The number of carboxylic acid groups (broad SMARTS) is 1. The molecule has 1 fully saturated rings. The Bertz CT molecular complexity index is 492. The van der Waals surface area contributed by atoms with E-state index in [1.165, 1.54) is 4.90 Å². The smallest absolute Gasteiger partial charge is 0.411 e. The Kier molecular flexibility index (Phi) is 6.08. The third kappa shape index (κ3) is 6.64. The molecule has 1 heterocycles. The summed E-state index contributed by atoms with van der Waals surface area (Å²) in [7, 11) is 0. The molecule has 2 amide bonds. The number of ether oxygens (including phenoxy) is 2. The molecule has 0 saturated carbocycles. The number of likely N-dealkylation sites (tertiary alicyclic amines) is 1. The molecule has 8 heteroatoms. The summed E-state index contributed by atoms with van der Waals surface area (Å²) in [6, 6.07) is 0. The number of rotatable bonds is 2. The summed E-state index contributed by atoms with van der Waals surface area (Å²) in [5, 5.41) is 11.8. The molecule has 1 saturated heterocycles. The second kappa shape index (κ2) is 7.27. The van der Waals surface area contributed by atoms with Crippen LogP contribution in [-0.4, -0.2) is 52.1 Å². The predicted molar refractivity (Wildman–Crippen MR) is 86.5 cm³/mol. The Morgan fingerprint density at radius 2 is 1.58 bits per heavy atom. The van der Waals surface area contributed by atoms with Crippen molar-refractivity contribution in [1.29, 1.82) is 0 Å². The molecule has 0 aromatic rings. The van der Waals surface area contributed by atoms with Gasteiger partial charge in [-0.1, -0.05) is 0 Å². The van der Waals surface area contributed by atoms with E-state index in [4.69, 9.17) is 9.47 Å². The lowest BCUT2D eigenvalue weighted by molar-refractivity contribution is -0.144. The molecule has 1 aliphatic rings. The highest BCUT2D eigenvalue weighted by Gasteiger charge is 2.38. The van der Waals surface area contributed by atoms with Crippen LogP contribution in [0.2, 0.25) is 0 Å². The minimum Gasteiger partial charge on any atom is -0.481 e. The van der Waals surface area contributed by atoms with Crippen molar-refractivity contribution >= 4 is 18.2 Å². The number of piperidine rings is 1. The molecule has 138 valence electrons. The van der Waals surface area contributed by atoms with E-state index < -0.39 is 41.4 Å². The average Bonchev–Trinajstić information content (AvgIpc) is 2.33. The molecule has 2 atom stereocenters. The van der Waals surface area contributed by atoms with Gasteiger partial charge in [-0.15, -0.1) is 0 Å². The zero-order valence-corrected chi connectivity index (χ0v) is 15.2. The molecular formula is C16H28N2O6. The molecule has 0 unspecified atom stereocenters. The summed E-state index contributed by atoms with van der Waals surface area (Å²) in [6.45, 7) is 10.6. The lowest BCUT2D eigenvalue weighted by Crippen LogP contribution is -2.57. The van der Waals surface area contributed by atoms with E-state index >= 15 is 0 Å². The first-order valence-electron chi connectivity index (χ1n) is 8.00. The summed E-state index contributed by atoms with van der Waals surface area (Å²) >= 11 is 0. The first kappa shape index (κ1) is 20.1. The zero-order valence-electron chi connectivity index (χ0n) is 15.2. The van der Waals surface area contributed by atoms with Crippen LogP contribution in [0.4, 0.5) is 9.59 Å². The lowest BCUT2D eigenvalue weighted by atomic mass is 9.95. The van der Waals surface area contributed by atoms with E-state index in [1.807, 2.05) is 0 Å². The van der Waals surface area contributed by atoms with Crippen LogP contribution in [0.15, 0.2) is 0 Å². The fourth-order valence-electron chi connectivity index (χ4n) is 2.31. The number of carbonyl (C=O) groups is 3. The van der Waals surface area contributed by atoms with Gasteiger partial charge in [0.25, 0.3) is 0 Å². The predicted octanol–water partition coefficient (Wildman–Crippen LogP) is 2.57. The Morgan fingerprint density at radius 1 is 1.04 bits per heavy atom. The van der Waals surface area contributed by atoms with Crippen LogP contribution in [-0.2, 0) is 14.3 Å². The normalized spacial score (nSPS) is 21.8. The van der Waals surface area contributed by atoms with E-state index in [0.717, 1.165) is 0 Å². The first-order chi connectivity index (χ1) is 10.8. The van der Waals surface area contributed by atoms with Crippen LogP contribution in [0.25, 0.3) is 0 Å². The molecule has 0 aromatic carbocycles.